The van der Waals surface area contributed by atoms with Crippen LogP contribution in [0, 0.1) is 5.92 Å². The van der Waals surface area contributed by atoms with Crippen LogP contribution in [0.5, 0.6) is 5.75 Å². The topological polar surface area (TPSA) is 49.8 Å². The minimum Gasteiger partial charge on any atom is -0.497 e. The number of hydrogen-bond acceptors (Lipinski definition) is 3. The molecule has 1 fully saturated rings. The van der Waals surface area contributed by atoms with Gasteiger partial charge in [0.2, 0.25) is 0 Å². The Morgan fingerprint density at radius 3 is 2.56 bits per heavy atom. The zero-order valence-electron chi connectivity index (χ0n) is 10.8. The van der Waals surface area contributed by atoms with Gasteiger partial charge < -0.3 is 14.7 Å². The molecule has 0 aliphatic carbocycles. The van der Waals surface area contributed by atoms with Gasteiger partial charge in [0.05, 0.1) is 13.0 Å². The summed E-state index contributed by atoms with van der Waals surface area (Å²) in [6.45, 7) is 1.83. The Kier molecular flexibility index (Phi) is 3.87. The average Bonchev–Trinajstić information content (AvgIpc) is 2.76. The first-order valence-corrected chi connectivity index (χ1v) is 6.17. The van der Waals surface area contributed by atoms with Crippen molar-refractivity contribution in [1.82, 2.24) is 4.90 Å². The quantitative estimate of drug-likeness (QED) is 0.884. The predicted octanol–water partition coefficient (Wildman–Crippen LogP) is 1.82. The first-order valence-electron chi connectivity index (χ1n) is 6.17. The molecule has 0 spiro atoms. The molecule has 0 radical (unpaired) electrons. The molecule has 4 nitrogen and oxygen atoms in total. The minimum absolute atomic E-state index is 0.195. The summed E-state index contributed by atoms with van der Waals surface area (Å²) in [5.41, 5.74) is 0.864. The smallest absolute Gasteiger partial charge is 0.311 e. The lowest BCUT2D eigenvalue weighted by Crippen LogP contribution is -2.24. The Balaban J connectivity index is 2.21. The summed E-state index contributed by atoms with van der Waals surface area (Å²) in [4.78, 5) is 13.7. The van der Waals surface area contributed by atoms with Crippen LogP contribution in [-0.2, 0) is 4.79 Å². The fourth-order valence-corrected chi connectivity index (χ4v) is 2.67. The number of carboxylic acid groups (broad SMARTS) is 1. The number of aliphatic carboxylic acids is 1. The zero-order chi connectivity index (χ0) is 13.1. The Labute approximate surface area is 107 Å². The van der Waals surface area contributed by atoms with Gasteiger partial charge in [0.1, 0.15) is 5.75 Å². The largest absolute Gasteiger partial charge is 0.497 e. The third-order valence-corrected chi connectivity index (χ3v) is 3.64. The molecule has 1 aliphatic rings. The SMILES string of the molecule is COc1ccc(C(C(=O)O)C2CCN(C)C2)cc1. The van der Waals surface area contributed by atoms with Gasteiger partial charge in [0.25, 0.3) is 0 Å². The maximum Gasteiger partial charge on any atom is 0.311 e. The Bertz CT molecular complexity index is 416. The average molecular weight is 249 g/mol. The van der Waals surface area contributed by atoms with E-state index >= 15 is 0 Å². The van der Waals surface area contributed by atoms with Crippen LogP contribution in [0.3, 0.4) is 0 Å². The van der Waals surface area contributed by atoms with Gasteiger partial charge in [-0.1, -0.05) is 12.1 Å². The molecular formula is C14H19NO3. The Morgan fingerprint density at radius 2 is 2.11 bits per heavy atom. The predicted molar refractivity (Wildman–Crippen MR) is 69.0 cm³/mol. The lowest BCUT2D eigenvalue weighted by atomic mass is 9.85. The molecule has 2 rings (SSSR count). The number of hydrogen-bond donors (Lipinski definition) is 1. The molecule has 2 atom stereocenters. The van der Waals surface area contributed by atoms with Crippen LogP contribution in [0.25, 0.3) is 0 Å². The molecule has 1 aromatic rings. The van der Waals surface area contributed by atoms with Gasteiger partial charge >= 0.3 is 5.97 Å². The highest BCUT2D eigenvalue weighted by atomic mass is 16.5. The van der Waals surface area contributed by atoms with E-state index in [1.807, 2.05) is 31.3 Å². The van der Waals surface area contributed by atoms with Crippen molar-refractivity contribution in [3.8, 4) is 5.75 Å². The van der Waals surface area contributed by atoms with Crippen LogP contribution < -0.4 is 4.74 Å². The fourth-order valence-electron chi connectivity index (χ4n) is 2.67. The maximum atomic E-state index is 11.5. The molecular weight excluding hydrogens is 230 g/mol. The van der Waals surface area contributed by atoms with Crippen LogP contribution in [0.4, 0.5) is 0 Å². The van der Waals surface area contributed by atoms with Crippen molar-refractivity contribution in [3.63, 3.8) is 0 Å². The van der Waals surface area contributed by atoms with Gasteiger partial charge in [-0.3, -0.25) is 4.79 Å². The number of rotatable bonds is 4. The molecule has 18 heavy (non-hydrogen) atoms. The van der Waals surface area contributed by atoms with Crippen molar-refractivity contribution >= 4 is 5.97 Å². The molecule has 1 saturated heterocycles. The van der Waals surface area contributed by atoms with Gasteiger partial charge in [0, 0.05) is 6.54 Å². The second kappa shape index (κ2) is 5.40. The van der Waals surface area contributed by atoms with Gasteiger partial charge in [-0.25, -0.2) is 0 Å². The van der Waals surface area contributed by atoms with Crippen molar-refractivity contribution in [1.29, 1.82) is 0 Å². The van der Waals surface area contributed by atoms with Crippen LogP contribution in [-0.4, -0.2) is 43.2 Å². The molecule has 1 aliphatic heterocycles. The molecule has 2 unspecified atom stereocenters. The monoisotopic (exact) mass is 249 g/mol. The number of benzene rings is 1. The summed E-state index contributed by atoms with van der Waals surface area (Å²) in [5, 5.41) is 9.45. The van der Waals surface area contributed by atoms with E-state index < -0.39 is 11.9 Å². The molecule has 0 aromatic heterocycles. The summed E-state index contributed by atoms with van der Waals surface area (Å²) in [7, 11) is 3.64. The van der Waals surface area contributed by atoms with E-state index in [0.29, 0.717) is 0 Å². The summed E-state index contributed by atoms with van der Waals surface area (Å²) in [5.74, 6) is -0.200. The summed E-state index contributed by atoms with van der Waals surface area (Å²) < 4.78 is 5.10. The second-order valence-corrected chi connectivity index (χ2v) is 4.90. The van der Waals surface area contributed by atoms with Crippen LogP contribution >= 0.6 is 0 Å². The number of likely N-dealkylation sites (tertiary alicyclic amines) is 1. The maximum absolute atomic E-state index is 11.5. The molecule has 1 heterocycles. The third-order valence-electron chi connectivity index (χ3n) is 3.64. The first kappa shape index (κ1) is 12.9. The molecule has 4 heteroatoms. The third kappa shape index (κ3) is 2.64. The Hall–Kier alpha value is -1.55. The van der Waals surface area contributed by atoms with Crippen molar-refractivity contribution in [2.24, 2.45) is 5.92 Å². The number of nitrogens with zero attached hydrogens (tertiary/aromatic N) is 1. The van der Waals surface area contributed by atoms with Crippen molar-refractivity contribution in [2.75, 3.05) is 27.2 Å². The standard InChI is InChI=1S/C14H19NO3/c1-15-8-7-11(9-15)13(14(16)17)10-3-5-12(18-2)6-4-10/h3-6,11,13H,7-9H2,1-2H3,(H,16,17). The molecule has 98 valence electrons. The summed E-state index contributed by atoms with van der Waals surface area (Å²) in [6, 6.07) is 7.36. The van der Waals surface area contributed by atoms with Gasteiger partial charge in [0.15, 0.2) is 0 Å². The summed E-state index contributed by atoms with van der Waals surface area (Å²) >= 11 is 0. The van der Waals surface area contributed by atoms with E-state index in [-0.39, 0.29) is 5.92 Å². The van der Waals surface area contributed by atoms with Gasteiger partial charge in [-0.2, -0.15) is 0 Å². The summed E-state index contributed by atoms with van der Waals surface area (Å²) in [6.07, 6.45) is 0.944. The van der Waals surface area contributed by atoms with Crippen molar-refractivity contribution < 1.29 is 14.6 Å². The number of methoxy groups -OCH3 is 1. The van der Waals surface area contributed by atoms with Crippen LogP contribution in [0.2, 0.25) is 0 Å². The first-order chi connectivity index (χ1) is 8.61. The second-order valence-electron chi connectivity index (χ2n) is 4.90. The van der Waals surface area contributed by atoms with E-state index in [1.165, 1.54) is 0 Å². The highest BCUT2D eigenvalue weighted by molar-refractivity contribution is 5.76. The minimum atomic E-state index is -0.736. The number of carboxylic acids is 1. The molecule has 0 bridgehead atoms. The van der Waals surface area contributed by atoms with Crippen LogP contribution in [0.15, 0.2) is 24.3 Å². The zero-order valence-corrected chi connectivity index (χ0v) is 10.8. The van der Waals surface area contributed by atoms with Gasteiger partial charge in [-0.05, 0) is 43.6 Å². The highest BCUT2D eigenvalue weighted by Crippen LogP contribution is 2.32. The lowest BCUT2D eigenvalue weighted by molar-refractivity contribution is -0.140. The van der Waals surface area contributed by atoms with Gasteiger partial charge in [-0.15, -0.1) is 0 Å². The van der Waals surface area contributed by atoms with Crippen molar-refractivity contribution in [3.05, 3.63) is 29.8 Å². The van der Waals surface area contributed by atoms with E-state index in [2.05, 4.69) is 4.90 Å². The molecule has 0 saturated carbocycles. The molecule has 0 amide bonds. The highest BCUT2D eigenvalue weighted by Gasteiger charge is 2.33. The van der Waals surface area contributed by atoms with E-state index in [9.17, 15) is 9.90 Å². The van der Waals surface area contributed by atoms with Crippen molar-refractivity contribution in [2.45, 2.75) is 12.3 Å². The molecule has 1 aromatic carbocycles. The fraction of sp³-hybridized carbons (Fsp3) is 0.500. The number of carbonyl (C=O) groups is 1. The van der Waals surface area contributed by atoms with E-state index in [4.69, 9.17) is 4.74 Å². The van der Waals surface area contributed by atoms with E-state index in [0.717, 1.165) is 30.8 Å². The molecule has 1 N–H and O–H groups in total. The van der Waals surface area contributed by atoms with E-state index in [1.54, 1.807) is 7.11 Å². The number of ether oxygens (including phenoxy) is 1. The Morgan fingerprint density at radius 1 is 1.44 bits per heavy atom. The normalized spacial score (nSPS) is 21.8. The van der Waals surface area contributed by atoms with Crippen LogP contribution in [0.1, 0.15) is 17.9 Å². The lowest BCUT2D eigenvalue weighted by Gasteiger charge is -2.20.